The number of hydrogen-bond acceptors (Lipinski definition) is 5. The van der Waals surface area contributed by atoms with Crippen molar-refractivity contribution in [1.82, 2.24) is 15.1 Å². The molecule has 7 heteroatoms. The number of piperidine rings is 1. The van der Waals surface area contributed by atoms with Gasteiger partial charge in [-0.1, -0.05) is 30.3 Å². The number of aromatic amines is 1. The number of likely N-dealkylation sites (tertiary alicyclic amines) is 1. The lowest BCUT2D eigenvalue weighted by atomic mass is 10.0. The SMILES string of the molecule is CN(c1cc(C=O)n[nH]1)[C@H]1CCCN(C(=O)OCc2ccccc2)C1. The molecule has 1 atom stereocenters. The van der Waals surface area contributed by atoms with E-state index in [1.165, 1.54) is 0 Å². The van der Waals surface area contributed by atoms with Crippen LogP contribution in [0.1, 0.15) is 28.9 Å². The zero-order valence-corrected chi connectivity index (χ0v) is 14.2. The molecular formula is C18H22N4O3. The molecule has 0 radical (unpaired) electrons. The number of aldehydes is 1. The number of benzene rings is 1. The van der Waals surface area contributed by atoms with Crippen molar-refractivity contribution in [2.24, 2.45) is 0 Å². The number of amides is 1. The first kappa shape index (κ1) is 17.0. The first-order valence-corrected chi connectivity index (χ1v) is 8.36. The highest BCUT2D eigenvalue weighted by Gasteiger charge is 2.28. The van der Waals surface area contributed by atoms with E-state index in [0.29, 0.717) is 25.1 Å². The molecule has 0 aliphatic carbocycles. The minimum absolute atomic E-state index is 0.151. The molecule has 132 valence electrons. The van der Waals surface area contributed by atoms with Gasteiger partial charge in [0.15, 0.2) is 6.29 Å². The molecule has 3 rings (SSSR count). The minimum atomic E-state index is -0.292. The summed E-state index contributed by atoms with van der Waals surface area (Å²) in [5.74, 6) is 0.770. The summed E-state index contributed by atoms with van der Waals surface area (Å²) in [4.78, 5) is 26.9. The van der Waals surface area contributed by atoms with Gasteiger partial charge in [-0.05, 0) is 18.4 Å². The third-order valence-corrected chi connectivity index (χ3v) is 4.49. The van der Waals surface area contributed by atoms with Gasteiger partial charge in [-0.3, -0.25) is 9.89 Å². The monoisotopic (exact) mass is 342 g/mol. The molecule has 0 bridgehead atoms. The third kappa shape index (κ3) is 4.17. The van der Waals surface area contributed by atoms with Crippen LogP contribution in [-0.2, 0) is 11.3 Å². The predicted octanol–water partition coefficient (Wildman–Crippen LogP) is 2.46. The lowest BCUT2D eigenvalue weighted by molar-refractivity contribution is 0.0858. The number of hydrogen-bond donors (Lipinski definition) is 1. The molecule has 1 fully saturated rings. The van der Waals surface area contributed by atoms with Crippen molar-refractivity contribution in [2.45, 2.75) is 25.5 Å². The second kappa shape index (κ2) is 7.83. The highest BCUT2D eigenvalue weighted by Crippen LogP contribution is 2.21. The molecule has 25 heavy (non-hydrogen) atoms. The number of aromatic nitrogens is 2. The zero-order chi connectivity index (χ0) is 17.6. The van der Waals surface area contributed by atoms with Crippen LogP contribution in [-0.4, -0.2) is 53.7 Å². The summed E-state index contributed by atoms with van der Waals surface area (Å²) >= 11 is 0. The average Bonchev–Trinajstić information content (AvgIpc) is 3.15. The van der Waals surface area contributed by atoms with E-state index in [1.807, 2.05) is 42.3 Å². The van der Waals surface area contributed by atoms with E-state index in [1.54, 1.807) is 11.0 Å². The van der Waals surface area contributed by atoms with Crippen molar-refractivity contribution >= 4 is 18.2 Å². The Balaban J connectivity index is 1.56. The number of rotatable bonds is 5. The summed E-state index contributed by atoms with van der Waals surface area (Å²) in [5.41, 5.74) is 1.34. The molecule has 1 aromatic carbocycles. The first-order valence-electron chi connectivity index (χ1n) is 8.36. The van der Waals surface area contributed by atoms with Gasteiger partial charge >= 0.3 is 6.09 Å². The number of nitrogens with zero attached hydrogens (tertiary/aromatic N) is 3. The van der Waals surface area contributed by atoms with Crippen molar-refractivity contribution < 1.29 is 14.3 Å². The molecule has 0 spiro atoms. The number of anilines is 1. The van der Waals surface area contributed by atoms with E-state index < -0.39 is 0 Å². The van der Waals surface area contributed by atoms with Crippen LogP contribution in [0.15, 0.2) is 36.4 Å². The quantitative estimate of drug-likeness (QED) is 0.845. The van der Waals surface area contributed by atoms with Gasteiger partial charge in [-0.25, -0.2) is 4.79 Å². The number of carbonyl (C=O) groups is 2. The summed E-state index contributed by atoms with van der Waals surface area (Å²) in [6.45, 7) is 1.56. The maximum atomic E-state index is 12.3. The Morgan fingerprint density at radius 1 is 1.44 bits per heavy atom. The Hall–Kier alpha value is -2.83. The molecule has 1 amide bonds. The molecule has 2 heterocycles. The van der Waals surface area contributed by atoms with Crippen LogP contribution in [0.4, 0.5) is 10.6 Å². The topological polar surface area (TPSA) is 78.5 Å². The summed E-state index contributed by atoms with van der Waals surface area (Å²) in [6, 6.07) is 11.5. The number of nitrogens with one attached hydrogen (secondary N) is 1. The summed E-state index contributed by atoms with van der Waals surface area (Å²) in [7, 11) is 1.94. The van der Waals surface area contributed by atoms with E-state index in [2.05, 4.69) is 10.2 Å². The zero-order valence-electron chi connectivity index (χ0n) is 14.2. The molecule has 0 unspecified atom stereocenters. The van der Waals surface area contributed by atoms with Gasteiger partial charge in [0.25, 0.3) is 0 Å². The Morgan fingerprint density at radius 2 is 2.24 bits per heavy atom. The largest absolute Gasteiger partial charge is 0.445 e. The van der Waals surface area contributed by atoms with Crippen molar-refractivity contribution in [3.63, 3.8) is 0 Å². The van der Waals surface area contributed by atoms with Crippen LogP contribution < -0.4 is 4.90 Å². The Morgan fingerprint density at radius 3 is 2.96 bits per heavy atom. The van der Waals surface area contributed by atoms with Gasteiger partial charge < -0.3 is 14.5 Å². The highest BCUT2D eigenvalue weighted by atomic mass is 16.6. The molecule has 0 saturated carbocycles. The molecule has 1 aromatic heterocycles. The second-order valence-electron chi connectivity index (χ2n) is 6.19. The summed E-state index contributed by atoms with van der Waals surface area (Å²) in [6.07, 6.45) is 2.29. The second-order valence-corrected chi connectivity index (χ2v) is 6.19. The van der Waals surface area contributed by atoms with Crippen molar-refractivity contribution in [2.75, 3.05) is 25.0 Å². The van der Waals surface area contributed by atoms with Crippen LogP contribution in [0.25, 0.3) is 0 Å². The standard InChI is InChI=1S/C18H22N4O3/c1-21(17-10-15(12-23)19-20-17)16-8-5-9-22(11-16)18(24)25-13-14-6-3-2-4-7-14/h2-4,6-7,10,12,16H,5,8-9,11,13H2,1H3,(H,19,20)/t16-/m0/s1. The Labute approximate surface area is 146 Å². The van der Waals surface area contributed by atoms with Gasteiger partial charge in [-0.15, -0.1) is 0 Å². The fourth-order valence-corrected chi connectivity index (χ4v) is 3.01. The predicted molar refractivity (Wildman–Crippen MR) is 93.6 cm³/mol. The molecule has 1 saturated heterocycles. The van der Waals surface area contributed by atoms with E-state index in [-0.39, 0.29) is 18.7 Å². The van der Waals surface area contributed by atoms with E-state index >= 15 is 0 Å². The van der Waals surface area contributed by atoms with Crippen LogP contribution in [0.2, 0.25) is 0 Å². The minimum Gasteiger partial charge on any atom is -0.445 e. The van der Waals surface area contributed by atoms with Gasteiger partial charge in [0.1, 0.15) is 18.1 Å². The summed E-state index contributed by atoms with van der Waals surface area (Å²) < 4.78 is 5.42. The van der Waals surface area contributed by atoms with Crippen LogP contribution in [0, 0.1) is 0 Å². The molecule has 1 N–H and O–H groups in total. The van der Waals surface area contributed by atoms with Crippen LogP contribution in [0.5, 0.6) is 0 Å². The van der Waals surface area contributed by atoms with E-state index in [9.17, 15) is 9.59 Å². The maximum absolute atomic E-state index is 12.3. The number of carbonyl (C=O) groups excluding carboxylic acids is 2. The normalized spacial score (nSPS) is 17.2. The molecule has 7 nitrogen and oxygen atoms in total. The fraction of sp³-hybridized carbons (Fsp3) is 0.389. The molecule has 2 aromatic rings. The average molecular weight is 342 g/mol. The Bertz CT molecular complexity index is 716. The van der Waals surface area contributed by atoms with Crippen LogP contribution >= 0.6 is 0 Å². The van der Waals surface area contributed by atoms with Gasteiger partial charge in [-0.2, -0.15) is 5.10 Å². The molecule has 1 aliphatic heterocycles. The Kier molecular flexibility index (Phi) is 5.33. The highest BCUT2D eigenvalue weighted by molar-refractivity contribution is 5.73. The number of ether oxygens (including phenoxy) is 1. The smallest absolute Gasteiger partial charge is 0.410 e. The maximum Gasteiger partial charge on any atom is 0.410 e. The van der Waals surface area contributed by atoms with Crippen molar-refractivity contribution in [3.05, 3.63) is 47.7 Å². The summed E-state index contributed by atoms with van der Waals surface area (Å²) in [5, 5.41) is 6.78. The van der Waals surface area contributed by atoms with Crippen molar-refractivity contribution in [3.8, 4) is 0 Å². The number of H-pyrrole nitrogens is 1. The van der Waals surface area contributed by atoms with Gasteiger partial charge in [0.2, 0.25) is 0 Å². The van der Waals surface area contributed by atoms with Gasteiger partial charge in [0, 0.05) is 32.2 Å². The molecule has 1 aliphatic rings. The fourth-order valence-electron chi connectivity index (χ4n) is 3.01. The third-order valence-electron chi connectivity index (χ3n) is 4.49. The first-order chi connectivity index (χ1) is 12.2. The lowest BCUT2D eigenvalue weighted by Crippen LogP contribution is -2.49. The van der Waals surface area contributed by atoms with E-state index in [4.69, 9.17) is 4.74 Å². The van der Waals surface area contributed by atoms with Gasteiger partial charge in [0.05, 0.1) is 0 Å². The molecular weight excluding hydrogens is 320 g/mol. The lowest BCUT2D eigenvalue weighted by Gasteiger charge is -2.37. The van der Waals surface area contributed by atoms with E-state index in [0.717, 1.165) is 24.2 Å². The number of likely N-dealkylation sites (N-methyl/N-ethyl adjacent to an activating group) is 1. The van der Waals surface area contributed by atoms with Crippen LogP contribution in [0.3, 0.4) is 0 Å². The van der Waals surface area contributed by atoms with Crippen molar-refractivity contribution in [1.29, 1.82) is 0 Å².